The van der Waals surface area contributed by atoms with Gasteiger partial charge in [-0.2, -0.15) is 10.1 Å². The third-order valence-corrected chi connectivity index (χ3v) is 8.01. The lowest BCUT2D eigenvalue weighted by Crippen LogP contribution is -2.37. The van der Waals surface area contributed by atoms with Crippen molar-refractivity contribution in [3.8, 4) is 5.75 Å². The Balaban J connectivity index is 1.84. The number of aromatic nitrogens is 2. The summed E-state index contributed by atoms with van der Waals surface area (Å²) in [7, 11) is -4.17. The molecule has 0 saturated heterocycles. The molecule has 1 fully saturated rings. The molecule has 3 unspecified atom stereocenters. The van der Waals surface area contributed by atoms with Crippen LogP contribution in [-0.4, -0.2) is 46.8 Å². The van der Waals surface area contributed by atoms with Crippen LogP contribution in [0.5, 0.6) is 5.75 Å². The number of nitrogen functional groups attached to an aromatic ring is 1. The zero-order chi connectivity index (χ0) is 30.2. The number of anilines is 1. The Hall–Kier alpha value is -3.47. The highest BCUT2D eigenvalue weighted by Crippen LogP contribution is 2.56. The molecule has 224 valence electrons. The van der Waals surface area contributed by atoms with Gasteiger partial charge >= 0.3 is 25.4 Å². The molecule has 41 heavy (non-hydrogen) atoms. The Morgan fingerprint density at radius 3 is 2.49 bits per heavy atom. The number of ether oxygens (including phenoxy) is 2. The van der Waals surface area contributed by atoms with Crippen LogP contribution in [0, 0.1) is 11.3 Å². The third kappa shape index (κ3) is 9.27. The second kappa shape index (κ2) is 13.9. The number of hydrogen-bond acceptors (Lipinski definition) is 10. The molecule has 4 atom stereocenters. The minimum Gasteiger partial charge on any atom is -0.464 e. The smallest absolute Gasteiger partial charge is 0.459 e. The van der Waals surface area contributed by atoms with Crippen LogP contribution in [-0.2, 0) is 28.2 Å². The van der Waals surface area contributed by atoms with Crippen molar-refractivity contribution in [3.63, 3.8) is 0 Å². The van der Waals surface area contributed by atoms with Crippen molar-refractivity contribution < 1.29 is 32.7 Å². The molecular weight excluding hydrogens is 551 g/mol. The van der Waals surface area contributed by atoms with Crippen molar-refractivity contribution >= 4 is 31.7 Å². The second-order valence-corrected chi connectivity index (χ2v) is 12.2. The van der Waals surface area contributed by atoms with E-state index in [4.69, 9.17) is 24.3 Å². The van der Waals surface area contributed by atoms with Gasteiger partial charge in [0.05, 0.1) is 24.0 Å². The third-order valence-electron chi connectivity index (χ3n) is 6.39. The number of hydrogen-bond donors (Lipinski definition) is 2. The lowest BCUT2D eigenvalue weighted by molar-refractivity contribution is -0.151. The summed E-state index contributed by atoms with van der Waals surface area (Å²) in [6.45, 7) is 8.42. The number of nitrogens with two attached hydrogens (primary N) is 1. The van der Waals surface area contributed by atoms with E-state index in [-0.39, 0.29) is 36.8 Å². The molecule has 1 saturated carbocycles. The standard InChI is InChI=1S/C28H39N4O8P/c1-6-10-20(4)39-26(34)21(5)31-41(36,40-23-11-8-7-9-12-23)38-18-28(17-37-25(33)19(2)3)15-22(28)16-32-14-13-24(29)30-27(32)35/h7-9,11-14,16,19-21H,6,10,15,17-18H2,1-5H3,(H,31,36)(H2,29,30,35)/b22-16-/t20?,21?,28?,41-/m0/s1. The van der Waals surface area contributed by atoms with Crippen molar-refractivity contribution in [3.05, 3.63) is 58.7 Å². The highest BCUT2D eigenvalue weighted by molar-refractivity contribution is 7.52. The van der Waals surface area contributed by atoms with E-state index >= 15 is 0 Å². The average molecular weight is 591 g/mol. The first-order valence-electron chi connectivity index (χ1n) is 13.6. The normalized spacial score (nSPS) is 20.2. The quantitative estimate of drug-likeness (QED) is 0.226. The van der Waals surface area contributed by atoms with E-state index in [1.165, 1.54) is 23.8 Å². The Morgan fingerprint density at radius 2 is 1.85 bits per heavy atom. The summed E-state index contributed by atoms with van der Waals surface area (Å²) in [5, 5.41) is 2.68. The van der Waals surface area contributed by atoms with Crippen molar-refractivity contribution in [1.29, 1.82) is 0 Å². The van der Waals surface area contributed by atoms with Gasteiger partial charge in [-0.05, 0) is 50.5 Å². The lowest BCUT2D eigenvalue weighted by atomic mass is 10.1. The molecule has 0 bridgehead atoms. The SMILES string of the molecule is CCCC(C)OC(=O)C(C)N[P@](=O)(OCC1(COC(=O)C(C)C)C/C1=C/n1ccc(N)nc1=O)Oc1ccccc1. The summed E-state index contributed by atoms with van der Waals surface area (Å²) in [4.78, 5) is 41.0. The van der Waals surface area contributed by atoms with Crippen LogP contribution in [0.15, 0.2) is 53.0 Å². The van der Waals surface area contributed by atoms with Gasteiger partial charge in [0.2, 0.25) is 0 Å². The van der Waals surface area contributed by atoms with Gasteiger partial charge in [0.1, 0.15) is 24.2 Å². The summed E-state index contributed by atoms with van der Waals surface area (Å²) in [5.41, 5.74) is 4.83. The molecule has 0 aliphatic heterocycles. The van der Waals surface area contributed by atoms with Gasteiger partial charge in [-0.3, -0.25) is 18.7 Å². The number of carbonyl (C=O) groups excluding carboxylic acids is 2. The minimum atomic E-state index is -4.17. The second-order valence-electron chi connectivity index (χ2n) is 10.5. The Morgan fingerprint density at radius 1 is 1.15 bits per heavy atom. The monoisotopic (exact) mass is 590 g/mol. The molecule has 1 heterocycles. The molecule has 1 aliphatic rings. The van der Waals surface area contributed by atoms with Crippen LogP contribution in [0.25, 0.3) is 6.20 Å². The van der Waals surface area contributed by atoms with Gasteiger partial charge in [-0.15, -0.1) is 0 Å². The number of benzene rings is 1. The number of carbonyl (C=O) groups is 2. The fraction of sp³-hybridized carbons (Fsp3) is 0.500. The first-order chi connectivity index (χ1) is 19.4. The molecule has 3 N–H and O–H groups in total. The van der Waals surface area contributed by atoms with E-state index in [1.807, 2.05) is 6.92 Å². The topological polar surface area (TPSA) is 161 Å². The summed E-state index contributed by atoms with van der Waals surface area (Å²) < 4.78 is 37.9. The Labute approximate surface area is 239 Å². The van der Waals surface area contributed by atoms with E-state index in [0.29, 0.717) is 18.4 Å². The highest BCUT2D eigenvalue weighted by Gasteiger charge is 2.52. The van der Waals surface area contributed by atoms with Crippen molar-refractivity contribution in [2.45, 2.75) is 66.0 Å². The van der Waals surface area contributed by atoms with Crippen LogP contribution in [0.3, 0.4) is 0 Å². The minimum absolute atomic E-state index is 0.0789. The first-order valence-corrected chi connectivity index (χ1v) is 15.1. The van der Waals surface area contributed by atoms with E-state index in [9.17, 15) is 18.9 Å². The fourth-order valence-corrected chi connectivity index (χ4v) is 5.45. The van der Waals surface area contributed by atoms with E-state index in [1.54, 1.807) is 57.3 Å². The number of esters is 2. The molecule has 0 amide bonds. The molecule has 0 radical (unpaired) electrons. The number of nitrogens with zero attached hydrogens (tertiary/aromatic N) is 2. The maximum atomic E-state index is 14.0. The zero-order valence-electron chi connectivity index (χ0n) is 24.1. The van der Waals surface area contributed by atoms with Crippen molar-refractivity contribution in [1.82, 2.24) is 14.6 Å². The maximum Gasteiger partial charge on any atom is 0.459 e. The Kier molecular flexibility index (Phi) is 10.9. The Bertz CT molecular complexity index is 1350. The van der Waals surface area contributed by atoms with Gasteiger partial charge in [0.15, 0.2) is 0 Å². The molecule has 1 aromatic heterocycles. The molecule has 1 aromatic carbocycles. The van der Waals surface area contributed by atoms with Gasteiger partial charge in [-0.1, -0.05) is 45.4 Å². The van der Waals surface area contributed by atoms with Gasteiger partial charge in [0, 0.05) is 12.4 Å². The first kappa shape index (κ1) is 32.0. The van der Waals surface area contributed by atoms with Crippen molar-refractivity contribution in [2.24, 2.45) is 11.3 Å². The molecule has 1 aliphatic carbocycles. The van der Waals surface area contributed by atoms with Crippen LogP contribution < -0.4 is 21.0 Å². The maximum absolute atomic E-state index is 14.0. The predicted octanol–water partition coefficient (Wildman–Crippen LogP) is 4.17. The largest absolute Gasteiger partial charge is 0.464 e. The van der Waals surface area contributed by atoms with E-state index < -0.39 is 36.8 Å². The highest BCUT2D eigenvalue weighted by atomic mass is 31.2. The zero-order valence-corrected chi connectivity index (χ0v) is 25.0. The fourth-order valence-electron chi connectivity index (χ4n) is 3.87. The lowest BCUT2D eigenvalue weighted by Gasteiger charge is -2.25. The molecule has 2 aromatic rings. The molecule has 12 nitrogen and oxygen atoms in total. The van der Waals surface area contributed by atoms with Gasteiger partial charge < -0.3 is 19.7 Å². The number of rotatable bonds is 15. The number of para-hydroxylation sites is 1. The van der Waals surface area contributed by atoms with Crippen LogP contribution in [0.1, 0.15) is 53.9 Å². The summed E-state index contributed by atoms with van der Waals surface area (Å²) in [6.07, 6.45) is 4.63. The molecule has 3 rings (SSSR count). The van der Waals surface area contributed by atoms with Crippen LogP contribution >= 0.6 is 7.75 Å². The van der Waals surface area contributed by atoms with Gasteiger partial charge in [0.25, 0.3) is 0 Å². The van der Waals surface area contributed by atoms with E-state index in [2.05, 4.69) is 10.1 Å². The van der Waals surface area contributed by atoms with E-state index in [0.717, 1.165) is 6.42 Å². The van der Waals surface area contributed by atoms with Crippen LogP contribution in [0.2, 0.25) is 0 Å². The molecule has 13 heteroatoms. The summed E-state index contributed by atoms with van der Waals surface area (Å²) in [5.74, 6) is -1.04. The number of nitrogens with one attached hydrogen (secondary N) is 1. The van der Waals surface area contributed by atoms with Gasteiger partial charge in [-0.25, -0.2) is 9.36 Å². The molecular formula is C28H39N4O8P. The van der Waals surface area contributed by atoms with Crippen molar-refractivity contribution in [2.75, 3.05) is 18.9 Å². The molecule has 0 spiro atoms. The summed E-state index contributed by atoms with van der Waals surface area (Å²) >= 11 is 0. The van der Waals surface area contributed by atoms with Crippen LogP contribution in [0.4, 0.5) is 5.82 Å². The summed E-state index contributed by atoms with van der Waals surface area (Å²) in [6, 6.07) is 8.85. The average Bonchev–Trinajstić information content (AvgIpc) is 3.60. The predicted molar refractivity (Wildman–Crippen MR) is 154 cm³/mol.